The van der Waals surface area contributed by atoms with E-state index in [1.807, 2.05) is 12.3 Å². The van der Waals surface area contributed by atoms with Crippen LogP contribution in [0.1, 0.15) is 99.8 Å². The summed E-state index contributed by atoms with van der Waals surface area (Å²) in [6.45, 7) is 8.86. The fourth-order valence-electron chi connectivity index (χ4n) is 4.24. The van der Waals surface area contributed by atoms with Gasteiger partial charge >= 0.3 is 18.9 Å². The molecule has 2 aromatic carbocycles. The summed E-state index contributed by atoms with van der Waals surface area (Å²) >= 11 is 0. The van der Waals surface area contributed by atoms with Crippen LogP contribution in [-0.2, 0) is 0 Å². The van der Waals surface area contributed by atoms with E-state index >= 15 is 0 Å². The second-order valence-corrected chi connectivity index (χ2v) is 8.54. The number of rotatable bonds is 5. The van der Waals surface area contributed by atoms with Crippen molar-refractivity contribution in [2.75, 3.05) is 0 Å². The van der Waals surface area contributed by atoms with Crippen LogP contribution in [0.3, 0.4) is 0 Å². The van der Waals surface area contributed by atoms with Crippen LogP contribution in [0.15, 0.2) is 36.4 Å². The fraction of sp³-hybridized carbons (Fsp3) is 0.480. The maximum Gasteiger partial charge on any atom is 1.00 e. The van der Waals surface area contributed by atoms with Gasteiger partial charge in [0.05, 0.1) is 0 Å². The number of benzene rings is 2. The van der Waals surface area contributed by atoms with Crippen LogP contribution in [0.2, 0.25) is 0 Å². The maximum atomic E-state index is 12.4. The smallest absolute Gasteiger partial charge is 0.872 e. The average Bonchev–Trinajstić information content (AvgIpc) is 2.67. The minimum atomic E-state index is 0. The van der Waals surface area contributed by atoms with E-state index in [1.54, 1.807) is 6.07 Å². The third-order valence-corrected chi connectivity index (χ3v) is 5.86. The van der Waals surface area contributed by atoms with Crippen LogP contribution in [-0.4, -0.2) is 6.21 Å². The Morgan fingerprint density at radius 3 is 2.11 bits per heavy atom. The quantitative estimate of drug-likeness (QED) is 0.633. The van der Waals surface area contributed by atoms with Gasteiger partial charge in [-0.2, -0.15) is 0 Å². The Morgan fingerprint density at radius 2 is 1.54 bits per heavy atom. The van der Waals surface area contributed by atoms with Gasteiger partial charge in [-0.05, 0) is 42.2 Å². The first-order valence-electron chi connectivity index (χ1n) is 10.5. The Balaban J connectivity index is 0.00000280. The van der Waals surface area contributed by atoms with E-state index in [0.29, 0.717) is 17.8 Å². The van der Waals surface area contributed by atoms with Crippen LogP contribution in [0.25, 0.3) is 0 Å². The van der Waals surface area contributed by atoms with Crippen LogP contribution >= 0.6 is 0 Å². The second kappa shape index (κ2) is 10.3. The van der Waals surface area contributed by atoms with Crippen LogP contribution < -0.4 is 29.0 Å². The van der Waals surface area contributed by atoms with Crippen molar-refractivity contribution in [2.45, 2.75) is 77.6 Å². The van der Waals surface area contributed by atoms with E-state index in [9.17, 15) is 5.11 Å². The van der Waals surface area contributed by atoms with Gasteiger partial charge in [0.1, 0.15) is 0 Å². The van der Waals surface area contributed by atoms with Gasteiger partial charge in [-0.15, -0.1) is 0 Å². The van der Waals surface area contributed by atoms with Crippen molar-refractivity contribution in [3.05, 3.63) is 58.7 Å². The maximum absolute atomic E-state index is 12.4. The molecule has 0 aliphatic heterocycles. The number of hydrogen-bond acceptors (Lipinski definition) is 1. The van der Waals surface area contributed by atoms with E-state index in [4.69, 9.17) is 0 Å². The molecule has 2 aromatic rings. The van der Waals surface area contributed by atoms with Gasteiger partial charge in [0, 0.05) is 16.7 Å². The molecule has 1 saturated carbocycles. The fourth-order valence-corrected chi connectivity index (χ4v) is 4.24. The molecule has 0 aromatic heterocycles. The molecular formula is C25H33LiNO+. The van der Waals surface area contributed by atoms with Gasteiger partial charge in [0.15, 0.2) is 6.21 Å². The molecule has 1 aliphatic carbocycles. The zero-order chi connectivity index (χ0) is 19.4. The summed E-state index contributed by atoms with van der Waals surface area (Å²) in [5.41, 5.74) is 5.85. The minimum Gasteiger partial charge on any atom is -0.872 e. The molecule has 1 fully saturated rings. The molecule has 0 saturated heterocycles. The van der Waals surface area contributed by atoms with Gasteiger partial charge in [-0.1, -0.05) is 83.0 Å². The van der Waals surface area contributed by atoms with Gasteiger partial charge in [-0.25, -0.2) is 4.99 Å². The molecule has 144 valence electrons. The second-order valence-electron chi connectivity index (χ2n) is 8.54. The van der Waals surface area contributed by atoms with E-state index in [0.717, 1.165) is 11.3 Å². The SMILES string of the molecule is CC(C)c1cccc(C(C)C)c1[NH+]=Cc1cc(C2CCCCC2)ccc1[O-].[Li+]. The molecule has 0 amide bonds. The molecule has 1 N–H and O–H groups in total. The molecule has 0 atom stereocenters. The molecule has 28 heavy (non-hydrogen) atoms. The first-order chi connectivity index (χ1) is 13.0. The first kappa shape index (κ1) is 22.8. The predicted octanol–water partition coefficient (Wildman–Crippen LogP) is 1.89. The van der Waals surface area contributed by atoms with Gasteiger partial charge in [0.25, 0.3) is 0 Å². The largest absolute Gasteiger partial charge is 1.00 e. The monoisotopic (exact) mass is 370 g/mol. The number of para-hydroxylation sites is 1. The molecule has 2 nitrogen and oxygen atoms in total. The predicted molar refractivity (Wildman–Crippen MR) is 112 cm³/mol. The molecular weight excluding hydrogens is 337 g/mol. The van der Waals surface area contributed by atoms with Gasteiger partial charge < -0.3 is 5.11 Å². The van der Waals surface area contributed by atoms with Crippen molar-refractivity contribution in [1.29, 1.82) is 0 Å². The van der Waals surface area contributed by atoms with Gasteiger partial charge in [-0.3, -0.25) is 0 Å². The third-order valence-electron chi connectivity index (χ3n) is 5.86. The van der Waals surface area contributed by atoms with E-state index in [2.05, 4.69) is 57.0 Å². The first-order valence-corrected chi connectivity index (χ1v) is 10.5. The Hall–Kier alpha value is -1.49. The molecule has 0 radical (unpaired) electrons. The molecule has 0 unspecified atom stereocenters. The Bertz CT molecular complexity index is 778. The van der Waals surface area contributed by atoms with Crippen LogP contribution in [0.5, 0.6) is 5.75 Å². The van der Waals surface area contributed by atoms with Gasteiger partial charge in [0.2, 0.25) is 5.69 Å². The summed E-state index contributed by atoms with van der Waals surface area (Å²) in [6.07, 6.45) is 8.38. The molecule has 0 heterocycles. The normalized spacial score (nSPS) is 15.4. The standard InChI is InChI=1S/C25H33NO.Li/c1-17(2)22-11-8-12-23(18(3)4)25(22)26-16-21-15-20(13-14-24(21)27)19-9-6-5-7-10-19;/h8,11-19,27H,5-7,9-10H2,1-4H3;/q;+1. The Kier molecular flexibility index (Phi) is 8.41. The van der Waals surface area contributed by atoms with Crippen LogP contribution in [0.4, 0.5) is 5.69 Å². The summed E-state index contributed by atoms with van der Waals surface area (Å²) in [4.78, 5) is 3.51. The topological polar surface area (TPSA) is 37.0 Å². The molecule has 0 spiro atoms. The molecule has 1 aliphatic rings. The summed E-state index contributed by atoms with van der Waals surface area (Å²) in [7, 11) is 0. The van der Waals surface area contributed by atoms with E-state index in [-0.39, 0.29) is 24.6 Å². The molecule has 3 rings (SSSR count). The van der Waals surface area contributed by atoms with Crippen LogP contribution in [0, 0.1) is 0 Å². The zero-order valence-corrected chi connectivity index (χ0v) is 18.2. The Morgan fingerprint density at radius 1 is 0.929 bits per heavy atom. The van der Waals surface area contributed by atoms with E-state index in [1.165, 1.54) is 48.8 Å². The van der Waals surface area contributed by atoms with Crippen molar-refractivity contribution < 1.29 is 29.0 Å². The van der Waals surface area contributed by atoms with E-state index < -0.39 is 0 Å². The zero-order valence-electron chi connectivity index (χ0n) is 18.2. The average molecular weight is 370 g/mol. The molecule has 3 heteroatoms. The minimum absolute atomic E-state index is 0. The third kappa shape index (κ3) is 5.31. The summed E-state index contributed by atoms with van der Waals surface area (Å²) in [5.74, 6) is 1.57. The van der Waals surface area contributed by atoms with Crippen molar-refractivity contribution in [2.24, 2.45) is 0 Å². The summed E-state index contributed by atoms with van der Waals surface area (Å²) in [5, 5.41) is 12.4. The molecule has 0 bridgehead atoms. The Labute approximate surface area is 182 Å². The van der Waals surface area contributed by atoms with Crippen molar-refractivity contribution in [3.8, 4) is 5.75 Å². The summed E-state index contributed by atoms with van der Waals surface area (Å²) in [6, 6.07) is 12.4. The summed E-state index contributed by atoms with van der Waals surface area (Å²) < 4.78 is 0. The number of nitrogens with one attached hydrogen (secondary N) is 1. The van der Waals surface area contributed by atoms with Crippen molar-refractivity contribution in [3.63, 3.8) is 0 Å². The van der Waals surface area contributed by atoms with Crippen molar-refractivity contribution >= 4 is 11.9 Å². The number of hydrogen-bond donors (Lipinski definition) is 1. The van der Waals surface area contributed by atoms with Crippen molar-refractivity contribution in [1.82, 2.24) is 0 Å².